The molecule has 2 N–H and O–H groups in total. The van der Waals surface area contributed by atoms with Crippen molar-refractivity contribution in [3.05, 3.63) is 46.7 Å². The number of benzene rings is 1. The van der Waals surface area contributed by atoms with E-state index in [0.717, 1.165) is 18.7 Å². The summed E-state index contributed by atoms with van der Waals surface area (Å²) in [6.07, 6.45) is 2.34. The highest BCUT2D eigenvalue weighted by Crippen LogP contribution is 2.24. The summed E-state index contributed by atoms with van der Waals surface area (Å²) in [4.78, 5) is 15.1. The van der Waals surface area contributed by atoms with Crippen molar-refractivity contribution in [3.8, 4) is 5.75 Å². The number of para-hydroxylation sites is 2. The van der Waals surface area contributed by atoms with Crippen molar-refractivity contribution >= 4 is 22.9 Å². The Morgan fingerprint density at radius 2 is 2.23 bits per heavy atom. The highest BCUT2D eigenvalue weighted by molar-refractivity contribution is 7.10. The second kappa shape index (κ2) is 6.94. The quantitative estimate of drug-likeness (QED) is 0.887. The minimum Gasteiger partial charge on any atom is -0.495 e. The first kappa shape index (κ1) is 15.1. The number of hydrogen-bond donors (Lipinski definition) is 2. The summed E-state index contributed by atoms with van der Waals surface area (Å²) in [7, 11) is 1.61. The Labute approximate surface area is 134 Å². The molecule has 2 heterocycles. The molecule has 1 fully saturated rings. The molecule has 0 spiro atoms. The third-order valence-corrected chi connectivity index (χ3v) is 5.12. The average molecular weight is 317 g/mol. The Morgan fingerprint density at radius 1 is 1.36 bits per heavy atom. The molecule has 1 aliphatic heterocycles. The second-order valence-corrected chi connectivity index (χ2v) is 6.52. The van der Waals surface area contributed by atoms with E-state index in [1.54, 1.807) is 18.4 Å². The molecule has 1 aromatic carbocycles. The Bertz CT molecular complexity index is 627. The fraction of sp³-hybridized carbons (Fsp3) is 0.353. The molecule has 22 heavy (non-hydrogen) atoms. The zero-order valence-corrected chi connectivity index (χ0v) is 13.5. The van der Waals surface area contributed by atoms with Gasteiger partial charge in [-0.3, -0.25) is 4.79 Å². The number of carbonyl (C=O) groups excluding carboxylic acids is 1. The van der Waals surface area contributed by atoms with E-state index in [1.165, 1.54) is 16.2 Å². The third-order valence-electron chi connectivity index (χ3n) is 4.14. The minimum atomic E-state index is 0.0444. The van der Waals surface area contributed by atoms with Gasteiger partial charge in [0.25, 0.3) is 5.91 Å². The molecule has 1 saturated heterocycles. The molecular formula is C17H21N2O2S+. The van der Waals surface area contributed by atoms with Gasteiger partial charge in [0.2, 0.25) is 0 Å². The third kappa shape index (κ3) is 3.31. The van der Waals surface area contributed by atoms with Gasteiger partial charge < -0.3 is 15.0 Å². The number of rotatable bonds is 5. The van der Waals surface area contributed by atoms with E-state index in [-0.39, 0.29) is 5.91 Å². The highest BCUT2D eigenvalue weighted by atomic mass is 32.1. The molecule has 1 aromatic heterocycles. The SMILES string of the molecule is COc1ccccc1NC(=O)C[NH+]1CCC[C@H]1c1cccs1. The maximum absolute atomic E-state index is 12.4. The lowest BCUT2D eigenvalue weighted by atomic mass is 10.2. The molecule has 1 amide bonds. The van der Waals surface area contributed by atoms with Gasteiger partial charge in [0.05, 0.1) is 24.2 Å². The Balaban J connectivity index is 1.64. The molecule has 3 rings (SSSR count). The number of likely N-dealkylation sites (tertiary alicyclic amines) is 1. The van der Waals surface area contributed by atoms with Crippen molar-refractivity contribution < 1.29 is 14.4 Å². The first-order valence-corrected chi connectivity index (χ1v) is 8.46. The smallest absolute Gasteiger partial charge is 0.279 e. The summed E-state index contributed by atoms with van der Waals surface area (Å²) in [6.45, 7) is 1.56. The molecule has 116 valence electrons. The van der Waals surface area contributed by atoms with Gasteiger partial charge in [-0.25, -0.2) is 0 Å². The van der Waals surface area contributed by atoms with Crippen LogP contribution in [0.4, 0.5) is 5.69 Å². The minimum absolute atomic E-state index is 0.0444. The Kier molecular flexibility index (Phi) is 4.75. The van der Waals surface area contributed by atoms with Crippen molar-refractivity contribution in [2.45, 2.75) is 18.9 Å². The monoisotopic (exact) mass is 317 g/mol. The van der Waals surface area contributed by atoms with Crippen LogP contribution in [0.1, 0.15) is 23.8 Å². The molecule has 0 aliphatic carbocycles. The lowest BCUT2D eigenvalue weighted by molar-refractivity contribution is -0.910. The van der Waals surface area contributed by atoms with E-state index in [2.05, 4.69) is 22.8 Å². The van der Waals surface area contributed by atoms with Crippen LogP contribution in [0.25, 0.3) is 0 Å². The normalized spacial score (nSPS) is 20.8. The van der Waals surface area contributed by atoms with Crippen LogP contribution in [0.5, 0.6) is 5.75 Å². The van der Waals surface area contributed by atoms with E-state index >= 15 is 0 Å². The van der Waals surface area contributed by atoms with Gasteiger partial charge in [-0.2, -0.15) is 0 Å². The fourth-order valence-corrected chi connectivity index (χ4v) is 4.02. The summed E-state index contributed by atoms with van der Waals surface area (Å²) < 4.78 is 5.28. The number of quaternary nitrogens is 1. The number of carbonyl (C=O) groups is 1. The first-order valence-electron chi connectivity index (χ1n) is 7.59. The van der Waals surface area contributed by atoms with Crippen LogP contribution in [0.3, 0.4) is 0 Å². The fourth-order valence-electron chi connectivity index (χ4n) is 3.10. The second-order valence-electron chi connectivity index (χ2n) is 5.54. The van der Waals surface area contributed by atoms with E-state index < -0.39 is 0 Å². The largest absolute Gasteiger partial charge is 0.495 e. The summed E-state index contributed by atoms with van der Waals surface area (Å²) in [6, 6.07) is 12.2. The molecule has 0 bridgehead atoms. The number of methoxy groups -OCH3 is 1. The predicted molar refractivity (Wildman–Crippen MR) is 88.6 cm³/mol. The van der Waals surface area contributed by atoms with Crippen LogP contribution in [-0.4, -0.2) is 26.1 Å². The van der Waals surface area contributed by atoms with Crippen LogP contribution >= 0.6 is 11.3 Å². The lowest BCUT2D eigenvalue weighted by Gasteiger charge is -2.20. The highest BCUT2D eigenvalue weighted by Gasteiger charge is 2.32. The van der Waals surface area contributed by atoms with Crippen molar-refractivity contribution in [2.24, 2.45) is 0 Å². The summed E-state index contributed by atoms with van der Waals surface area (Å²) in [5.74, 6) is 0.741. The summed E-state index contributed by atoms with van der Waals surface area (Å²) in [5, 5.41) is 5.08. The number of amides is 1. The van der Waals surface area contributed by atoms with Gasteiger partial charge in [0.1, 0.15) is 11.8 Å². The number of ether oxygens (including phenoxy) is 1. The molecule has 2 aromatic rings. The van der Waals surface area contributed by atoms with Crippen molar-refractivity contribution in [2.75, 3.05) is 25.5 Å². The van der Waals surface area contributed by atoms with Crippen LogP contribution in [0.2, 0.25) is 0 Å². The molecule has 1 aliphatic rings. The van der Waals surface area contributed by atoms with Gasteiger partial charge in [-0.15, -0.1) is 11.3 Å². The molecule has 4 nitrogen and oxygen atoms in total. The maximum Gasteiger partial charge on any atom is 0.279 e. The number of thiophene rings is 1. The summed E-state index contributed by atoms with van der Waals surface area (Å²) >= 11 is 1.79. The van der Waals surface area contributed by atoms with Crippen LogP contribution in [0, 0.1) is 0 Å². The standard InChI is InChI=1S/C17H20N2O2S/c1-21-15-8-3-2-6-13(15)18-17(20)12-19-10-4-7-14(19)16-9-5-11-22-16/h2-3,5-6,8-9,11,14H,4,7,10,12H2,1H3,(H,18,20)/p+1/t14-/m0/s1. The first-order chi connectivity index (χ1) is 10.8. The Morgan fingerprint density at radius 3 is 3.00 bits per heavy atom. The number of hydrogen-bond acceptors (Lipinski definition) is 3. The lowest BCUT2D eigenvalue weighted by Crippen LogP contribution is -3.11. The van der Waals surface area contributed by atoms with E-state index in [4.69, 9.17) is 4.74 Å². The zero-order chi connectivity index (χ0) is 15.4. The van der Waals surface area contributed by atoms with Crippen LogP contribution < -0.4 is 15.0 Å². The van der Waals surface area contributed by atoms with Gasteiger partial charge >= 0.3 is 0 Å². The number of anilines is 1. The Hall–Kier alpha value is -1.85. The molecule has 0 radical (unpaired) electrons. The molecule has 2 atom stereocenters. The topological polar surface area (TPSA) is 42.8 Å². The molecule has 5 heteroatoms. The zero-order valence-electron chi connectivity index (χ0n) is 12.7. The van der Waals surface area contributed by atoms with E-state index in [9.17, 15) is 4.79 Å². The maximum atomic E-state index is 12.4. The van der Waals surface area contributed by atoms with E-state index in [1.807, 2.05) is 24.3 Å². The van der Waals surface area contributed by atoms with Crippen molar-refractivity contribution in [1.29, 1.82) is 0 Å². The van der Waals surface area contributed by atoms with Gasteiger partial charge in [-0.05, 0) is 23.6 Å². The average Bonchev–Trinajstić information content (AvgIpc) is 3.18. The van der Waals surface area contributed by atoms with Crippen molar-refractivity contribution in [1.82, 2.24) is 0 Å². The van der Waals surface area contributed by atoms with Crippen molar-refractivity contribution in [3.63, 3.8) is 0 Å². The van der Waals surface area contributed by atoms with Crippen LogP contribution in [0.15, 0.2) is 41.8 Å². The molecule has 0 saturated carbocycles. The van der Waals surface area contributed by atoms with Gasteiger partial charge in [-0.1, -0.05) is 18.2 Å². The van der Waals surface area contributed by atoms with Gasteiger partial charge in [0.15, 0.2) is 6.54 Å². The van der Waals surface area contributed by atoms with Gasteiger partial charge in [0, 0.05) is 12.8 Å². The van der Waals surface area contributed by atoms with E-state index in [0.29, 0.717) is 18.3 Å². The number of nitrogens with one attached hydrogen (secondary N) is 2. The molecular weight excluding hydrogens is 296 g/mol. The molecule has 1 unspecified atom stereocenters. The van der Waals surface area contributed by atoms with Crippen LogP contribution in [-0.2, 0) is 4.79 Å². The predicted octanol–water partition coefficient (Wildman–Crippen LogP) is 2.12. The summed E-state index contributed by atoms with van der Waals surface area (Å²) in [5.41, 5.74) is 0.737.